The molecule has 1 N–H and O–H groups in total. The second-order valence-electron chi connectivity index (χ2n) is 5.08. The van der Waals surface area contributed by atoms with Crippen molar-refractivity contribution in [1.82, 2.24) is 15.3 Å². The highest BCUT2D eigenvalue weighted by molar-refractivity contribution is 5.20. The third-order valence-electron chi connectivity index (χ3n) is 2.82. The summed E-state index contributed by atoms with van der Waals surface area (Å²) in [7, 11) is 0. The lowest BCUT2D eigenvalue weighted by molar-refractivity contribution is 0.299. The molecule has 0 atom stereocenters. The van der Waals surface area contributed by atoms with E-state index in [1.165, 1.54) is 0 Å². The number of aromatic nitrogens is 2. The van der Waals surface area contributed by atoms with Crippen molar-refractivity contribution < 1.29 is 4.74 Å². The summed E-state index contributed by atoms with van der Waals surface area (Å²) in [6, 6.07) is 10.3. The van der Waals surface area contributed by atoms with Crippen LogP contribution in [0.2, 0.25) is 0 Å². The second-order valence-corrected chi connectivity index (χ2v) is 5.08. The van der Waals surface area contributed by atoms with Crippen molar-refractivity contribution in [3.05, 3.63) is 53.6 Å². The Morgan fingerprint density at radius 1 is 1.15 bits per heavy atom. The van der Waals surface area contributed by atoms with E-state index in [4.69, 9.17) is 4.74 Å². The van der Waals surface area contributed by atoms with Gasteiger partial charge in [0.05, 0.1) is 17.6 Å². The monoisotopic (exact) mass is 271 g/mol. The van der Waals surface area contributed by atoms with Crippen molar-refractivity contribution in [3.63, 3.8) is 0 Å². The number of ether oxygens (including phenoxy) is 1. The van der Waals surface area contributed by atoms with Crippen LogP contribution in [0.25, 0.3) is 0 Å². The van der Waals surface area contributed by atoms with Crippen LogP contribution in [0.1, 0.15) is 30.9 Å². The summed E-state index contributed by atoms with van der Waals surface area (Å²) in [6.45, 7) is 7.45. The largest absolute Gasteiger partial charge is 0.486 e. The summed E-state index contributed by atoms with van der Waals surface area (Å²) in [5.41, 5.74) is 2.94. The zero-order valence-electron chi connectivity index (χ0n) is 12.3. The quantitative estimate of drug-likeness (QED) is 0.877. The topological polar surface area (TPSA) is 47.0 Å². The standard InChI is InChI=1S/C16H21N3O/c1-12(2)17-9-14-7-8-16(10-18-14)20-11-15-6-4-5-13(3)19-15/h4-8,10,12,17H,9,11H2,1-3H3. The van der Waals surface area contributed by atoms with E-state index in [0.29, 0.717) is 12.6 Å². The van der Waals surface area contributed by atoms with Crippen molar-refractivity contribution in [2.45, 2.75) is 40.0 Å². The Balaban J connectivity index is 1.87. The zero-order chi connectivity index (χ0) is 14.4. The van der Waals surface area contributed by atoms with Crippen LogP contribution < -0.4 is 10.1 Å². The molecular formula is C16H21N3O. The number of nitrogens with zero attached hydrogens (tertiary/aromatic N) is 2. The maximum atomic E-state index is 5.68. The van der Waals surface area contributed by atoms with E-state index < -0.39 is 0 Å². The van der Waals surface area contributed by atoms with Crippen LogP contribution in [0.5, 0.6) is 5.75 Å². The third-order valence-corrected chi connectivity index (χ3v) is 2.82. The van der Waals surface area contributed by atoms with Gasteiger partial charge in [-0.25, -0.2) is 0 Å². The predicted octanol–water partition coefficient (Wildman–Crippen LogP) is 2.86. The molecule has 0 aliphatic rings. The van der Waals surface area contributed by atoms with Crippen molar-refractivity contribution in [1.29, 1.82) is 0 Å². The number of rotatable bonds is 6. The van der Waals surface area contributed by atoms with Crippen LogP contribution in [0.3, 0.4) is 0 Å². The maximum Gasteiger partial charge on any atom is 0.138 e. The van der Waals surface area contributed by atoms with Gasteiger partial charge >= 0.3 is 0 Å². The number of pyridine rings is 2. The van der Waals surface area contributed by atoms with Crippen molar-refractivity contribution >= 4 is 0 Å². The average molecular weight is 271 g/mol. The minimum Gasteiger partial charge on any atom is -0.486 e. The van der Waals surface area contributed by atoms with Crippen LogP contribution in [0.15, 0.2) is 36.5 Å². The lowest BCUT2D eigenvalue weighted by Crippen LogP contribution is -2.22. The van der Waals surface area contributed by atoms with Gasteiger partial charge in [-0.15, -0.1) is 0 Å². The van der Waals surface area contributed by atoms with Crippen LogP contribution in [0, 0.1) is 6.92 Å². The van der Waals surface area contributed by atoms with Crippen LogP contribution in [-0.4, -0.2) is 16.0 Å². The van der Waals surface area contributed by atoms with Gasteiger partial charge in [-0.05, 0) is 31.2 Å². The minimum absolute atomic E-state index is 0.458. The first kappa shape index (κ1) is 14.5. The Hall–Kier alpha value is -1.94. The molecule has 0 unspecified atom stereocenters. The molecule has 0 bridgehead atoms. The summed E-state index contributed by atoms with van der Waals surface area (Å²) in [5.74, 6) is 0.765. The highest BCUT2D eigenvalue weighted by Gasteiger charge is 2.00. The second kappa shape index (κ2) is 7.01. The highest BCUT2D eigenvalue weighted by atomic mass is 16.5. The smallest absolute Gasteiger partial charge is 0.138 e. The first-order valence-corrected chi connectivity index (χ1v) is 6.87. The normalized spacial score (nSPS) is 10.8. The molecule has 2 aromatic rings. The van der Waals surface area contributed by atoms with E-state index in [2.05, 4.69) is 29.1 Å². The molecule has 4 nitrogen and oxygen atoms in total. The average Bonchev–Trinajstić information content (AvgIpc) is 2.44. The number of nitrogens with one attached hydrogen (secondary N) is 1. The first-order valence-electron chi connectivity index (χ1n) is 6.87. The lowest BCUT2D eigenvalue weighted by Gasteiger charge is -2.09. The molecule has 106 valence electrons. The Morgan fingerprint density at radius 2 is 2.00 bits per heavy atom. The first-order chi connectivity index (χ1) is 9.63. The van der Waals surface area contributed by atoms with Gasteiger partial charge in [0.2, 0.25) is 0 Å². The van der Waals surface area contributed by atoms with Gasteiger partial charge in [-0.3, -0.25) is 9.97 Å². The summed E-state index contributed by atoms with van der Waals surface area (Å²) < 4.78 is 5.68. The van der Waals surface area contributed by atoms with Crippen molar-refractivity contribution in [2.75, 3.05) is 0 Å². The zero-order valence-corrected chi connectivity index (χ0v) is 12.3. The Kier molecular flexibility index (Phi) is 5.07. The minimum atomic E-state index is 0.458. The molecule has 0 fully saturated rings. The van der Waals surface area contributed by atoms with Crippen molar-refractivity contribution in [2.24, 2.45) is 0 Å². The van der Waals surface area contributed by atoms with E-state index in [9.17, 15) is 0 Å². The molecule has 0 aliphatic heterocycles. The van der Waals surface area contributed by atoms with Crippen LogP contribution in [-0.2, 0) is 13.2 Å². The molecule has 4 heteroatoms. The van der Waals surface area contributed by atoms with Gasteiger partial charge in [0, 0.05) is 18.3 Å². The van der Waals surface area contributed by atoms with Gasteiger partial charge in [0.1, 0.15) is 12.4 Å². The Morgan fingerprint density at radius 3 is 2.65 bits per heavy atom. The third kappa shape index (κ3) is 4.63. The molecule has 2 heterocycles. The SMILES string of the molecule is Cc1cccc(COc2ccc(CNC(C)C)nc2)n1. The summed E-state index contributed by atoms with van der Waals surface area (Å²) in [4.78, 5) is 8.77. The van der Waals surface area contributed by atoms with Crippen LogP contribution in [0.4, 0.5) is 0 Å². The van der Waals surface area contributed by atoms with Crippen LogP contribution >= 0.6 is 0 Å². The molecule has 20 heavy (non-hydrogen) atoms. The van der Waals surface area contributed by atoms with Gasteiger partial charge in [0.25, 0.3) is 0 Å². The van der Waals surface area contributed by atoms with E-state index >= 15 is 0 Å². The van der Waals surface area contributed by atoms with E-state index in [-0.39, 0.29) is 0 Å². The van der Waals surface area contributed by atoms with Gasteiger partial charge in [-0.1, -0.05) is 19.9 Å². The fourth-order valence-corrected chi connectivity index (χ4v) is 1.75. The molecule has 0 aromatic carbocycles. The number of hydrogen-bond acceptors (Lipinski definition) is 4. The van der Waals surface area contributed by atoms with Gasteiger partial charge < -0.3 is 10.1 Å². The Bertz CT molecular complexity index is 538. The molecule has 2 rings (SSSR count). The maximum absolute atomic E-state index is 5.68. The molecule has 0 aliphatic carbocycles. The van der Waals surface area contributed by atoms with E-state index in [0.717, 1.165) is 29.4 Å². The molecular weight excluding hydrogens is 250 g/mol. The molecule has 0 radical (unpaired) electrons. The fourth-order valence-electron chi connectivity index (χ4n) is 1.75. The molecule has 0 amide bonds. The predicted molar refractivity (Wildman–Crippen MR) is 79.5 cm³/mol. The van der Waals surface area contributed by atoms with E-state index in [1.807, 2.05) is 37.3 Å². The lowest BCUT2D eigenvalue weighted by atomic mass is 10.3. The summed E-state index contributed by atoms with van der Waals surface area (Å²) >= 11 is 0. The highest BCUT2D eigenvalue weighted by Crippen LogP contribution is 2.11. The van der Waals surface area contributed by atoms with E-state index in [1.54, 1.807) is 6.20 Å². The molecule has 0 saturated heterocycles. The Labute approximate surface area is 120 Å². The van der Waals surface area contributed by atoms with Gasteiger partial charge in [0.15, 0.2) is 0 Å². The fraction of sp³-hybridized carbons (Fsp3) is 0.375. The molecule has 0 spiro atoms. The number of aryl methyl sites for hydroxylation is 1. The summed E-state index contributed by atoms with van der Waals surface area (Å²) in [5, 5.41) is 3.33. The number of hydrogen-bond donors (Lipinski definition) is 1. The van der Waals surface area contributed by atoms with Gasteiger partial charge in [-0.2, -0.15) is 0 Å². The van der Waals surface area contributed by atoms with Crippen molar-refractivity contribution in [3.8, 4) is 5.75 Å². The molecule has 2 aromatic heterocycles. The molecule has 0 saturated carbocycles. The summed E-state index contributed by atoms with van der Waals surface area (Å²) in [6.07, 6.45) is 1.76.